The molecule has 2 aromatic rings. The van der Waals surface area contributed by atoms with Gasteiger partial charge in [-0.05, 0) is 37.1 Å². The van der Waals surface area contributed by atoms with E-state index in [-0.39, 0.29) is 6.04 Å². The maximum absolute atomic E-state index is 5.67. The molecule has 104 valence electrons. The number of hydrazine groups is 1. The molecule has 1 aliphatic rings. The minimum absolute atomic E-state index is 0.194. The van der Waals surface area contributed by atoms with Gasteiger partial charge in [0.15, 0.2) is 0 Å². The molecule has 0 spiro atoms. The Morgan fingerprint density at radius 3 is 2.80 bits per heavy atom. The molecule has 0 saturated carbocycles. The number of hydrogen-bond donors (Lipinski definition) is 2. The second-order valence-corrected chi connectivity index (χ2v) is 4.72. The Morgan fingerprint density at radius 2 is 2.10 bits per heavy atom. The standard InChI is InChI=1S/C15H18N4O/c16-17-15(14-8-4-5-11-20-14)13-9-10-19(18-13)12-6-2-1-3-7-12/h1-3,6-10,15,17H,4-5,11,16H2. The van der Waals surface area contributed by atoms with Crippen molar-refractivity contribution in [3.05, 3.63) is 60.1 Å². The molecule has 1 aromatic heterocycles. The fourth-order valence-electron chi connectivity index (χ4n) is 2.31. The molecule has 1 atom stereocenters. The van der Waals surface area contributed by atoms with E-state index in [1.807, 2.05) is 47.3 Å². The Labute approximate surface area is 118 Å². The molecule has 3 rings (SSSR count). The first-order valence-corrected chi connectivity index (χ1v) is 6.78. The highest BCUT2D eigenvalue weighted by Gasteiger charge is 2.21. The van der Waals surface area contributed by atoms with Gasteiger partial charge in [-0.1, -0.05) is 18.2 Å². The Balaban J connectivity index is 1.86. The van der Waals surface area contributed by atoms with Crippen molar-refractivity contribution in [1.29, 1.82) is 0 Å². The van der Waals surface area contributed by atoms with E-state index >= 15 is 0 Å². The van der Waals surface area contributed by atoms with Gasteiger partial charge in [0, 0.05) is 6.20 Å². The maximum atomic E-state index is 5.67. The average Bonchev–Trinajstić information content (AvgIpc) is 3.00. The molecule has 1 aromatic carbocycles. The second-order valence-electron chi connectivity index (χ2n) is 4.72. The van der Waals surface area contributed by atoms with Crippen molar-refractivity contribution >= 4 is 0 Å². The van der Waals surface area contributed by atoms with E-state index in [1.54, 1.807) is 0 Å². The highest BCUT2D eigenvalue weighted by atomic mass is 16.5. The number of para-hydroxylation sites is 1. The number of benzene rings is 1. The number of nitrogens with two attached hydrogens (primary N) is 1. The van der Waals surface area contributed by atoms with E-state index in [4.69, 9.17) is 10.6 Å². The van der Waals surface area contributed by atoms with Crippen LogP contribution in [0.25, 0.3) is 5.69 Å². The zero-order valence-electron chi connectivity index (χ0n) is 11.2. The van der Waals surface area contributed by atoms with Gasteiger partial charge in [-0.3, -0.25) is 5.84 Å². The van der Waals surface area contributed by atoms with Gasteiger partial charge in [0.05, 0.1) is 18.0 Å². The number of aromatic nitrogens is 2. The smallest absolute Gasteiger partial charge is 0.122 e. The van der Waals surface area contributed by atoms with Gasteiger partial charge in [0.25, 0.3) is 0 Å². The Hall–Kier alpha value is -2.11. The van der Waals surface area contributed by atoms with Crippen molar-refractivity contribution in [2.75, 3.05) is 6.61 Å². The van der Waals surface area contributed by atoms with E-state index in [9.17, 15) is 0 Å². The minimum atomic E-state index is -0.194. The molecule has 5 heteroatoms. The summed E-state index contributed by atoms with van der Waals surface area (Å²) in [5.41, 5.74) is 4.66. The van der Waals surface area contributed by atoms with E-state index in [1.165, 1.54) is 0 Å². The lowest BCUT2D eigenvalue weighted by molar-refractivity contribution is 0.167. The van der Waals surface area contributed by atoms with Crippen LogP contribution in [0, 0.1) is 0 Å². The van der Waals surface area contributed by atoms with Gasteiger partial charge in [0.2, 0.25) is 0 Å². The fourth-order valence-corrected chi connectivity index (χ4v) is 2.31. The molecular weight excluding hydrogens is 252 g/mol. The monoisotopic (exact) mass is 270 g/mol. The molecule has 0 fully saturated rings. The number of nitrogens with zero attached hydrogens (tertiary/aromatic N) is 2. The number of hydrogen-bond acceptors (Lipinski definition) is 4. The number of ether oxygens (including phenoxy) is 1. The van der Waals surface area contributed by atoms with Crippen molar-refractivity contribution in [2.24, 2.45) is 5.84 Å². The summed E-state index contributed by atoms with van der Waals surface area (Å²) in [6, 6.07) is 11.7. The van der Waals surface area contributed by atoms with Crippen LogP contribution < -0.4 is 11.3 Å². The van der Waals surface area contributed by atoms with Gasteiger partial charge < -0.3 is 4.74 Å². The summed E-state index contributed by atoms with van der Waals surface area (Å²) >= 11 is 0. The van der Waals surface area contributed by atoms with E-state index in [0.29, 0.717) is 0 Å². The topological polar surface area (TPSA) is 65.1 Å². The fraction of sp³-hybridized carbons (Fsp3) is 0.267. The van der Waals surface area contributed by atoms with Crippen LogP contribution in [-0.2, 0) is 4.74 Å². The lowest BCUT2D eigenvalue weighted by Gasteiger charge is -2.21. The summed E-state index contributed by atoms with van der Waals surface area (Å²) in [4.78, 5) is 0. The first-order valence-electron chi connectivity index (χ1n) is 6.78. The van der Waals surface area contributed by atoms with Crippen LogP contribution in [0.2, 0.25) is 0 Å². The largest absolute Gasteiger partial charge is 0.496 e. The lowest BCUT2D eigenvalue weighted by Crippen LogP contribution is -2.31. The van der Waals surface area contributed by atoms with Gasteiger partial charge in [-0.15, -0.1) is 0 Å². The van der Waals surface area contributed by atoms with Crippen molar-refractivity contribution in [3.63, 3.8) is 0 Å². The summed E-state index contributed by atoms with van der Waals surface area (Å²) in [7, 11) is 0. The van der Waals surface area contributed by atoms with Gasteiger partial charge >= 0.3 is 0 Å². The Bertz CT molecular complexity index is 591. The van der Waals surface area contributed by atoms with Crippen LogP contribution in [0.15, 0.2) is 54.4 Å². The quantitative estimate of drug-likeness (QED) is 0.659. The maximum Gasteiger partial charge on any atom is 0.122 e. The SMILES string of the molecule is NNC(C1=CCCCO1)c1ccn(-c2ccccc2)n1. The van der Waals surface area contributed by atoms with Crippen LogP contribution in [0.1, 0.15) is 24.6 Å². The third-order valence-electron chi connectivity index (χ3n) is 3.34. The van der Waals surface area contributed by atoms with Crippen molar-refractivity contribution < 1.29 is 4.74 Å². The van der Waals surface area contributed by atoms with Crippen molar-refractivity contribution in [1.82, 2.24) is 15.2 Å². The Kier molecular flexibility index (Phi) is 3.80. The lowest BCUT2D eigenvalue weighted by atomic mass is 10.1. The van der Waals surface area contributed by atoms with E-state index < -0.39 is 0 Å². The average molecular weight is 270 g/mol. The van der Waals surface area contributed by atoms with Crippen LogP contribution in [0.5, 0.6) is 0 Å². The highest BCUT2D eigenvalue weighted by Crippen LogP contribution is 2.24. The summed E-state index contributed by atoms with van der Waals surface area (Å²) in [5, 5.41) is 4.58. The summed E-state index contributed by atoms with van der Waals surface area (Å²) in [5.74, 6) is 6.52. The zero-order chi connectivity index (χ0) is 13.8. The number of rotatable bonds is 4. The summed E-state index contributed by atoms with van der Waals surface area (Å²) in [6.07, 6.45) is 6.08. The molecular formula is C15H18N4O. The van der Waals surface area contributed by atoms with Crippen molar-refractivity contribution in [3.8, 4) is 5.69 Å². The summed E-state index contributed by atoms with van der Waals surface area (Å²) in [6.45, 7) is 0.739. The molecule has 5 nitrogen and oxygen atoms in total. The predicted octanol–water partition coefficient (Wildman–Crippen LogP) is 2.07. The van der Waals surface area contributed by atoms with E-state index in [2.05, 4.69) is 16.6 Å². The molecule has 0 saturated heterocycles. The molecule has 3 N–H and O–H groups in total. The molecule has 1 unspecified atom stereocenters. The minimum Gasteiger partial charge on any atom is -0.496 e. The molecule has 2 heterocycles. The normalized spacial score (nSPS) is 16.4. The molecule has 0 radical (unpaired) electrons. The summed E-state index contributed by atoms with van der Waals surface area (Å²) < 4.78 is 7.51. The van der Waals surface area contributed by atoms with Crippen molar-refractivity contribution in [2.45, 2.75) is 18.9 Å². The van der Waals surface area contributed by atoms with Crippen LogP contribution >= 0.6 is 0 Å². The molecule has 0 aliphatic carbocycles. The van der Waals surface area contributed by atoms with Gasteiger partial charge in [-0.25, -0.2) is 10.1 Å². The van der Waals surface area contributed by atoms with Crippen LogP contribution in [0.3, 0.4) is 0 Å². The zero-order valence-corrected chi connectivity index (χ0v) is 11.2. The van der Waals surface area contributed by atoms with Gasteiger partial charge in [-0.2, -0.15) is 5.10 Å². The predicted molar refractivity (Wildman–Crippen MR) is 76.9 cm³/mol. The third-order valence-corrected chi connectivity index (χ3v) is 3.34. The number of nitrogens with one attached hydrogen (secondary N) is 1. The third kappa shape index (κ3) is 2.59. The van der Waals surface area contributed by atoms with E-state index in [0.717, 1.165) is 36.6 Å². The van der Waals surface area contributed by atoms with Gasteiger partial charge in [0.1, 0.15) is 11.8 Å². The second kappa shape index (κ2) is 5.90. The first-order chi connectivity index (χ1) is 9.88. The highest BCUT2D eigenvalue weighted by molar-refractivity contribution is 5.31. The Morgan fingerprint density at radius 1 is 1.25 bits per heavy atom. The van der Waals surface area contributed by atoms with Crippen LogP contribution in [-0.4, -0.2) is 16.4 Å². The van der Waals surface area contributed by atoms with Crippen LogP contribution in [0.4, 0.5) is 0 Å². The molecule has 1 aliphatic heterocycles. The molecule has 0 amide bonds. The number of allylic oxidation sites excluding steroid dienone is 1. The molecule has 0 bridgehead atoms. The molecule has 20 heavy (non-hydrogen) atoms. The first kappa shape index (κ1) is 12.9.